The first-order valence-electron chi connectivity index (χ1n) is 6.94. The summed E-state index contributed by atoms with van der Waals surface area (Å²) in [7, 11) is 1.79. The van der Waals surface area contributed by atoms with Gasteiger partial charge in [-0.25, -0.2) is 0 Å². The Bertz CT molecular complexity index is 789. The van der Waals surface area contributed by atoms with E-state index in [4.69, 9.17) is 0 Å². The van der Waals surface area contributed by atoms with Crippen molar-refractivity contribution < 1.29 is 4.92 Å². The Balaban J connectivity index is 2.24. The first-order valence-corrected chi connectivity index (χ1v) is 6.94. The topological polar surface area (TPSA) is 70.2 Å². The van der Waals surface area contributed by atoms with Crippen molar-refractivity contribution in [1.29, 1.82) is 5.26 Å². The molecule has 0 radical (unpaired) electrons. The van der Waals surface area contributed by atoms with Gasteiger partial charge in [0.25, 0.3) is 5.69 Å². The second-order valence-corrected chi connectivity index (χ2v) is 4.73. The molecule has 0 atom stereocenters. The Labute approximate surface area is 134 Å². The number of para-hydroxylation sites is 2. The van der Waals surface area contributed by atoms with E-state index in [0.717, 1.165) is 5.69 Å². The lowest BCUT2D eigenvalue weighted by Gasteiger charge is -2.17. The average molecular weight is 305 g/mol. The SMILES string of the molecule is CN(/C(C#N)=C/C=C/c1ccccc1[N+](=O)[O-])c1ccccc1. The van der Waals surface area contributed by atoms with Crippen LogP contribution in [0, 0.1) is 21.4 Å². The summed E-state index contributed by atoms with van der Waals surface area (Å²) in [4.78, 5) is 12.3. The summed E-state index contributed by atoms with van der Waals surface area (Å²) in [6.07, 6.45) is 4.89. The Morgan fingerprint density at radius 3 is 2.48 bits per heavy atom. The molecule has 0 aliphatic carbocycles. The average Bonchev–Trinajstić information content (AvgIpc) is 2.59. The van der Waals surface area contributed by atoms with E-state index in [1.807, 2.05) is 30.3 Å². The number of nitro groups is 1. The number of hydrogen-bond acceptors (Lipinski definition) is 4. The van der Waals surface area contributed by atoms with E-state index < -0.39 is 4.92 Å². The van der Waals surface area contributed by atoms with Crippen LogP contribution in [-0.4, -0.2) is 12.0 Å². The molecule has 2 aromatic carbocycles. The zero-order valence-corrected chi connectivity index (χ0v) is 12.6. The second kappa shape index (κ2) is 7.57. The van der Waals surface area contributed by atoms with Gasteiger partial charge in [-0.15, -0.1) is 0 Å². The minimum Gasteiger partial charge on any atom is -0.336 e. The van der Waals surface area contributed by atoms with Crippen LogP contribution in [0.3, 0.4) is 0 Å². The predicted octanol–water partition coefficient (Wildman–Crippen LogP) is 4.15. The van der Waals surface area contributed by atoms with Crippen molar-refractivity contribution in [2.45, 2.75) is 0 Å². The summed E-state index contributed by atoms with van der Waals surface area (Å²) in [5, 5.41) is 20.3. The van der Waals surface area contributed by atoms with Gasteiger partial charge in [-0.2, -0.15) is 5.26 Å². The molecule has 0 heterocycles. The van der Waals surface area contributed by atoms with Crippen molar-refractivity contribution in [1.82, 2.24) is 0 Å². The van der Waals surface area contributed by atoms with Gasteiger partial charge in [0.1, 0.15) is 11.8 Å². The third kappa shape index (κ3) is 4.05. The highest BCUT2D eigenvalue weighted by molar-refractivity contribution is 5.63. The number of benzene rings is 2. The van der Waals surface area contributed by atoms with Crippen LogP contribution in [0.4, 0.5) is 11.4 Å². The molecule has 0 spiro atoms. The smallest absolute Gasteiger partial charge is 0.276 e. The number of anilines is 1. The zero-order chi connectivity index (χ0) is 16.7. The summed E-state index contributed by atoms with van der Waals surface area (Å²) in [6, 6.07) is 18.1. The summed E-state index contributed by atoms with van der Waals surface area (Å²) in [5.74, 6) is 0. The third-order valence-electron chi connectivity index (χ3n) is 3.28. The van der Waals surface area contributed by atoms with Crippen molar-refractivity contribution in [3.05, 3.63) is 88.1 Å². The van der Waals surface area contributed by atoms with Crippen LogP contribution in [0.1, 0.15) is 5.56 Å². The van der Waals surface area contributed by atoms with Gasteiger partial charge in [-0.3, -0.25) is 10.1 Å². The second-order valence-electron chi connectivity index (χ2n) is 4.73. The van der Waals surface area contributed by atoms with Crippen LogP contribution < -0.4 is 4.90 Å². The Kier molecular flexibility index (Phi) is 5.26. The van der Waals surface area contributed by atoms with E-state index in [-0.39, 0.29) is 5.69 Å². The number of rotatable bonds is 5. The van der Waals surface area contributed by atoms with E-state index in [9.17, 15) is 15.4 Å². The molecule has 0 saturated heterocycles. The molecule has 0 amide bonds. The molecule has 23 heavy (non-hydrogen) atoms. The molecule has 2 rings (SSSR count). The lowest BCUT2D eigenvalue weighted by Crippen LogP contribution is -2.14. The van der Waals surface area contributed by atoms with E-state index in [1.54, 1.807) is 48.4 Å². The summed E-state index contributed by atoms with van der Waals surface area (Å²) in [5.41, 5.74) is 1.85. The highest BCUT2D eigenvalue weighted by atomic mass is 16.6. The largest absolute Gasteiger partial charge is 0.336 e. The van der Waals surface area contributed by atoms with Crippen molar-refractivity contribution in [3.63, 3.8) is 0 Å². The van der Waals surface area contributed by atoms with E-state index in [2.05, 4.69) is 6.07 Å². The molecule has 0 bridgehead atoms. The molecule has 0 saturated carbocycles. The quantitative estimate of drug-likeness (QED) is 0.360. The first kappa shape index (κ1) is 16.0. The highest BCUT2D eigenvalue weighted by Crippen LogP contribution is 2.20. The van der Waals surface area contributed by atoms with Gasteiger partial charge in [-0.05, 0) is 30.4 Å². The summed E-state index contributed by atoms with van der Waals surface area (Å²) < 4.78 is 0. The minimum absolute atomic E-state index is 0.0343. The summed E-state index contributed by atoms with van der Waals surface area (Å²) in [6.45, 7) is 0. The van der Waals surface area contributed by atoms with Crippen LogP contribution in [0.5, 0.6) is 0 Å². The van der Waals surface area contributed by atoms with Crippen LogP contribution in [0.15, 0.2) is 72.4 Å². The molecule has 0 aromatic heterocycles. The third-order valence-corrected chi connectivity index (χ3v) is 3.28. The van der Waals surface area contributed by atoms with Gasteiger partial charge >= 0.3 is 0 Å². The van der Waals surface area contributed by atoms with Crippen LogP contribution in [0.2, 0.25) is 0 Å². The van der Waals surface area contributed by atoms with E-state index in [1.165, 1.54) is 6.07 Å². The standard InChI is InChI=1S/C18H15N3O2/c1-20(16-10-3-2-4-11-16)17(14-19)12-7-9-15-8-5-6-13-18(15)21(22)23/h2-13H,1H3/b9-7+,17-12+. The maximum Gasteiger partial charge on any atom is 0.276 e. The Morgan fingerprint density at radius 1 is 1.17 bits per heavy atom. The number of allylic oxidation sites excluding steroid dienone is 3. The molecule has 0 aliphatic heterocycles. The molecular weight excluding hydrogens is 290 g/mol. The van der Waals surface area contributed by atoms with Gasteiger partial charge in [0.2, 0.25) is 0 Å². The van der Waals surface area contributed by atoms with Crippen molar-refractivity contribution in [2.75, 3.05) is 11.9 Å². The van der Waals surface area contributed by atoms with E-state index >= 15 is 0 Å². The minimum atomic E-state index is -0.426. The van der Waals surface area contributed by atoms with Crippen molar-refractivity contribution in [2.24, 2.45) is 0 Å². The van der Waals surface area contributed by atoms with Crippen LogP contribution in [0.25, 0.3) is 6.08 Å². The molecule has 5 nitrogen and oxygen atoms in total. The lowest BCUT2D eigenvalue weighted by atomic mass is 10.1. The van der Waals surface area contributed by atoms with Gasteiger partial charge in [0.15, 0.2) is 0 Å². The molecule has 0 aliphatic rings. The maximum absolute atomic E-state index is 11.0. The highest BCUT2D eigenvalue weighted by Gasteiger charge is 2.09. The van der Waals surface area contributed by atoms with Crippen LogP contribution in [-0.2, 0) is 0 Å². The fourth-order valence-corrected chi connectivity index (χ4v) is 2.05. The molecule has 0 fully saturated rings. The number of nitriles is 1. The fraction of sp³-hybridized carbons (Fsp3) is 0.0556. The molecule has 0 unspecified atom stereocenters. The normalized spacial score (nSPS) is 11.2. The van der Waals surface area contributed by atoms with E-state index in [0.29, 0.717) is 11.3 Å². The maximum atomic E-state index is 11.0. The number of nitro benzene ring substituents is 1. The molecule has 114 valence electrons. The monoisotopic (exact) mass is 305 g/mol. The van der Waals surface area contributed by atoms with Gasteiger partial charge < -0.3 is 4.90 Å². The predicted molar refractivity (Wildman–Crippen MR) is 90.7 cm³/mol. The van der Waals surface area contributed by atoms with Crippen LogP contribution >= 0.6 is 0 Å². The van der Waals surface area contributed by atoms with Gasteiger partial charge in [0.05, 0.1) is 10.5 Å². The van der Waals surface area contributed by atoms with Gasteiger partial charge in [0, 0.05) is 18.8 Å². The van der Waals surface area contributed by atoms with Crippen molar-refractivity contribution in [3.8, 4) is 6.07 Å². The number of hydrogen-bond donors (Lipinski definition) is 0. The molecular formula is C18H15N3O2. The Hall–Kier alpha value is -3.39. The number of nitrogens with zero attached hydrogens (tertiary/aromatic N) is 3. The van der Waals surface area contributed by atoms with Crippen molar-refractivity contribution >= 4 is 17.5 Å². The fourth-order valence-electron chi connectivity index (χ4n) is 2.05. The first-order chi connectivity index (χ1) is 11.1. The van der Waals surface area contributed by atoms with Gasteiger partial charge in [-0.1, -0.05) is 36.4 Å². The summed E-state index contributed by atoms with van der Waals surface area (Å²) >= 11 is 0. The zero-order valence-electron chi connectivity index (χ0n) is 12.6. The molecule has 2 aromatic rings. The molecule has 0 N–H and O–H groups in total. The Morgan fingerprint density at radius 2 is 1.83 bits per heavy atom. The molecule has 5 heteroatoms. The lowest BCUT2D eigenvalue weighted by molar-refractivity contribution is -0.385.